The Morgan fingerprint density at radius 1 is 1.11 bits per heavy atom. The van der Waals surface area contributed by atoms with Crippen LogP contribution in [0.25, 0.3) is 6.08 Å². The summed E-state index contributed by atoms with van der Waals surface area (Å²) in [5, 5.41) is 3.17. The molecule has 0 aliphatic carbocycles. The smallest absolute Gasteiger partial charge is 0.331 e. The van der Waals surface area contributed by atoms with Gasteiger partial charge in [0.15, 0.2) is 18.1 Å². The van der Waals surface area contributed by atoms with E-state index in [1.54, 1.807) is 55.7 Å². The number of methoxy groups -OCH3 is 1. The molecule has 0 aromatic heterocycles. The first kappa shape index (κ1) is 20.3. The van der Waals surface area contributed by atoms with E-state index in [1.807, 2.05) is 6.92 Å². The van der Waals surface area contributed by atoms with Crippen molar-refractivity contribution in [3.8, 4) is 11.5 Å². The molecule has 7 heteroatoms. The van der Waals surface area contributed by atoms with Crippen molar-refractivity contribution >= 4 is 35.2 Å². The van der Waals surface area contributed by atoms with E-state index in [2.05, 4.69) is 5.32 Å². The summed E-state index contributed by atoms with van der Waals surface area (Å²) in [5.74, 6) is 0.115. The highest BCUT2D eigenvalue weighted by atomic mass is 35.5. The molecule has 0 saturated heterocycles. The monoisotopic (exact) mass is 389 g/mol. The van der Waals surface area contributed by atoms with Crippen LogP contribution in [0.1, 0.15) is 12.5 Å². The SMILES string of the molecule is CCOc1ccc(/C=C/C(=O)OCC(=O)Nc2ccc(Cl)cc2)cc1OC. The second kappa shape index (κ2) is 10.2. The van der Waals surface area contributed by atoms with Gasteiger partial charge >= 0.3 is 5.97 Å². The van der Waals surface area contributed by atoms with E-state index in [1.165, 1.54) is 6.08 Å². The average Bonchev–Trinajstić information content (AvgIpc) is 2.67. The number of halogens is 1. The number of anilines is 1. The predicted molar refractivity (Wildman–Crippen MR) is 104 cm³/mol. The van der Waals surface area contributed by atoms with Crippen LogP contribution in [0, 0.1) is 0 Å². The first-order valence-electron chi connectivity index (χ1n) is 8.23. The summed E-state index contributed by atoms with van der Waals surface area (Å²) >= 11 is 5.78. The molecule has 27 heavy (non-hydrogen) atoms. The number of hydrogen-bond acceptors (Lipinski definition) is 5. The molecule has 0 unspecified atom stereocenters. The third-order valence-electron chi connectivity index (χ3n) is 3.37. The predicted octanol–water partition coefficient (Wildman–Crippen LogP) is 3.94. The first-order chi connectivity index (χ1) is 13.0. The standard InChI is InChI=1S/C20H20ClNO5/c1-3-26-17-10-4-14(12-18(17)25-2)5-11-20(24)27-13-19(23)22-16-8-6-15(21)7-9-16/h4-12H,3,13H2,1-2H3,(H,22,23)/b11-5+. The Morgan fingerprint density at radius 2 is 1.85 bits per heavy atom. The molecule has 0 heterocycles. The Labute approximate surface area is 162 Å². The van der Waals surface area contributed by atoms with Gasteiger partial charge in [-0.3, -0.25) is 4.79 Å². The number of amides is 1. The minimum absolute atomic E-state index is 0.390. The molecule has 6 nitrogen and oxygen atoms in total. The van der Waals surface area contributed by atoms with E-state index in [0.717, 1.165) is 5.56 Å². The van der Waals surface area contributed by atoms with Crippen LogP contribution < -0.4 is 14.8 Å². The van der Waals surface area contributed by atoms with Crippen molar-refractivity contribution in [2.75, 3.05) is 25.6 Å². The summed E-state index contributed by atoms with van der Waals surface area (Å²) in [7, 11) is 1.54. The third kappa shape index (κ3) is 6.67. The van der Waals surface area contributed by atoms with Gasteiger partial charge in [-0.2, -0.15) is 0 Å². The Balaban J connectivity index is 1.85. The fourth-order valence-corrected chi connectivity index (χ4v) is 2.27. The van der Waals surface area contributed by atoms with Gasteiger partial charge in [-0.1, -0.05) is 17.7 Å². The van der Waals surface area contributed by atoms with Gasteiger partial charge in [0.05, 0.1) is 13.7 Å². The molecule has 0 aliphatic heterocycles. The van der Waals surface area contributed by atoms with Crippen molar-refractivity contribution in [1.82, 2.24) is 0 Å². The van der Waals surface area contributed by atoms with E-state index in [4.69, 9.17) is 25.8 Å². The molecule has 0 radical (unpaired) electrons. The van der Waals surface area contributed by atoms with E-state index in [0.29, 0.717) is 28.8 Å². The van der Waals surface area contributed by atoms with Crippen molar-refractivity contribution in [3.63, 3.8) is 0 Å². The molecular weight excluding hydrogens is 370 g/mol. The second-order valence-corrected chi connectivity index (χ2v) is 5.78. The lowest BCUT2D eigenvalue weighted by molar-refractivity contribution is -0.142. The fourth-order valence-electron chi connectivity index (χ4n) is 2.14. The van der Waals surface area contributed by atoms with Gasteiger partial charge in [-0.25, -0.2) is 4.79 Å². The summed E-state index contributed by atoms with van der Waals surface area (Å²) in [6.07, 6.45) is 2.81. The normalized spacial score (nSPS) is 10.5. The molecule has 1 amide bonds. The Kier molecular flexibility index (Phi) is 7.70. The Hall–Kier alpha value is -2.99. The number of carbonyl (C=O) groups excluding carboxylic acids is 2. The van der Waals surface area contributed by atoms with Crippen molar-refractivity contribution in [2.45, 2.75) is 6.92 Å². The van der Waals surface area contributed by atoms with E-state index in [-0.39, 0.29) is 0 Å². The van der Waals surface area contributed by atoms with Crippen LogP contribution in [0.4, 0.5) is 5.69 Å². The van der Waals surface area contributed by atoms with Gasteiger partial charge in [-0.05, 0) is 55.0 Å². The van der Waals surface area contributed by atoms with Crippen molar-refractivity contribution < 1.29 is 23.8 Å². The molecule has 0 aliphatic rings. The zero-order valence-electron chi connectivity index (χ0n) is 15.0. The Morgan fingerprint density at radius 3 is 2.52 bits per heavy atom. The second-order valence-electron chi connectivity index (χ2n) is 5.34. The summed E-state index contributed by atoms with van der Waals surface area (Å²) in [6, 6.07) is 11.9. The highest BCUT2D eigenvalue weighted by Crippen LogP contribution is 2.28. The van der Waals surface area contributed by atoms with Crippen LogP contribution >= 0.6 is 11.6 Å². The highest BCUT2D eigenvalue weighted by Gasteiger charge is 2.07. The number of carbonyl (C=O) groups is 2. The van der Waals surface area contributed by atoms with Crippen molar-refractivity contribution in [1.29, 1.82) is 0 Å². The van der Waals surface area contributed by atoms with Crippen molar-refractivity contribution in [2.24, 2.45) is 0 Å². The van der Waals surface area contributed by atoms with Crippen LogP contribution in [0.5, 0.6) is 11.5 Å². The molecule has 2 rings (SSSR count). The summed E-state index contributed by atoms with van der Waals surface area (Å²) in [4.78, 5) is 23.6. The summed E-state index contributed by atoms with van der Waals surface area (Å²) in [6.45, 7) is 2.01. The molecule has 2 aromatic carbocycles. The summed E-state index contributed by atoms with van der Waals surface area (Å²) in [5.41, 5.74) is 1.30. The van der Waals surface area contributed by atoms with Gasteiger partial charge < -0.3 is 19.5 Å². The van der Waals surface area contributed by atoms with Gasteiger partial charge in [0.2, 0.25) is 0 Å². The van der Waals surface area contributed by atoms with Crippen LogP contribution in [0.3, 0.4) is 0 Å². The number of esters is 1. The Bertz CT molecular complexity index is 818. The molecule has 142 valence electrons. The maximum Gasteiger partial charge on any atom is 0.331 e. The molecule has 1 N–H and O–H groups in total. The van der Waals surface area contributed by atoms with Gasteiger partial charge in [0, 0.05) is 16.8 Å². The van der Waals surface area contributed by atoms with Crippen LogP contribution in [0.15, 0.2) is 48.5 Å². The van der Waals surface area contributed by atoms with E-state index < -0.39 is 18.5 Å². The summed E-state index contributed by atoms with van der Waals surface area (Å²) < 4.78 is 15.6. The molecule has 0 spiro atoms. The van der Waals surface area contributed by atoms with Crippen molar-refractivity contribution in [3.05, 3.63) is 59.1 Å². The number of hydrogen-bond donors (Lipinski definition) is 1. The number of benzene rings is 2. The quantitative estimate of drug-likeness (QED) is 0.546. The van der Waals surface area contributed by atoms with Gasteiger partial charge in [0.25, 0.3) is 5.91 Å². The molecular formula is C20H20ClNO5. The molecule has 0 atom stereocenters. The lowest BCUT2D eigenvalue weighted by atomic mass is 10.2. The lowest BCUT2D eigenvalue weighted by Crippen LogP contribution is -2.20. The number of rotatable bonds is 8. The zero-order valence-corrected chi connectivity index (χ0v) is 15.8. The average molecular weight is 390 g/mol. The third-order valence-corrected chi connectivity index (χ3v) is 3.62. The fraction of sp³-hybridized carbons (Fsp3) is 0.200. The van der Waals surface area contributed by atoms with Crippen LogP contribution in [-0.4, -0.2) is 32.2 Å². The number of ether oxygens (including phenoxy) is 3. The van der Waals surface area contributed by atoms with E-state index >= 15 is 0 Å². The lowest BCUT2D eigenvalue weighted by Gasteiger charge is -2.09. The van der Waals surface area contributed by atoms with Gasteiger partial charge in [0.1, 0.15) is 0 Å². The minimum atomic E-state index is -0.630. The number of nitrogens with one attached hydrogen (secondary N) is 1. The van der Waals surface area contributed by atoms with E-state index in [9.17, 15) is 9.59 Å². The maximum absolute atomic E-state index is 11.8. The highest BCUT2D eigenvalue weighted by molar-refractivity contribution is 6.30. The molecule has 0 saturated carbocycles. The molecule has 0 bridgehead atoms. The topological polar surface area (TPSA) is 73.9 Å². The molecule has 2 aromatic rings. The first-order valence-corrected chi connectivity index (χ1v) is 8.60. The largest absolute Gasteiger partial charge is 0.493 e. The van der Waals surface area contributed by atoms with Gasteiger partial charge in [-0.15, -0.1) is 0 Å². The minimum Gasteiger partial charge on any atom is -0.493 e. The van der Waals surface area contributed by atoms with Crippen LogP contribution in [0.2, 0.25) is 5.02 Å². The van der Waals surface area contributed by atoms with Crippen LogP contribution in [-0.2, 0) is 14.3 Å². The molecule has 0 fully saturated rings. The maximum atomic E-state index is 11.8. The zero-order chi connectivity index (χ0) is 19.6.